The molecule has 2 aromatic heterocycles. The molecule has 0 saturated heterocycles. The number of hydrogen-bond donors (Lipinski definition) is 0. The molecule has 16 heavy (non-hydrogen) atoms. The van der Waals surface area contributed by atoms with E-state index in [9.17, 15) is 4.79 Å². The van der Waals surface area contributed by atoms with Gasteiger partial charge in [-0.25, -0.2) is 0 Å². The van der Waals surface area contributed by atoms with Gasteiger partial charge in [0.25, 0.3) is 0 Å². The summed E-state index contributed by atoms with van der Waals surface area (Å²) in [6.45, 7) is 2.01. The Hall–Kier alpha value is -1.97. The van der Waals surface area contributed by atoms with E-state index in [0.717, 1.165) is 12.0 Å². The topological polar surface area (TPSA) is 47.8 Å². The molecule has 0 unspecified atom stereocenters. The number of carbonyl (C=O) groups is 1. The monoisotopic (exact) mass is 215 g/mol. The first-order valence-corrected chi connectivity index (χ1v) is 5.18. The number of aromatic nitrogens is 3. The maximum absolute atomic E-state index is 12.2. The molecule has 4 nitrogen and oxygen atoms in total. The Morgan fingerprint density at radius 1 is 1.44 bits per heavy atom. The molecule has 0 amide bonds. The quantitative estimate of drug-likeness (QED) is 0.731. The van der Waals surface area contributed by atoms with Crippen LogP contribution in [-0.4, -0.2) is 20.5 Å². The number of ketones is 1. The molecule has 0 aliphatic carbocycles. The van der Waals surface area contributed by atoms with Gasteiger partial charge in [-0.1, -0.05) is 6.92 Å². The normalized spacial score (nSPS) is 10.4. The van der Waals surface area contributed by atoms with Gasteiger partial charge < -0.3 is 0 Å². The molecule has 0 saturated carbocycles. The predicted octanol–water partition coefficient (Wildman–Crippen LogP) is 1.61. The maximum Gasteiger partial charge on any atom is 0.196 e. The van der Waals surface area contributed by atoms with Gasteiger partial charge in [-0.3, -0.25) is 14.5 Å². The van der Waals surface area contributed by atoms with Gasteiger partial charge in [0, 0.05) is 31.2 Å². The van der Waals surface area contributed by atoms with Gasteiger partial charge in [-0.05, 0) is 18.1 Å². The van der Waals surface area contributed by atoms with Crippen LogP contribution in [0.4, 0.5) is 0 Å². The molecule has 2 heterocycles. The summed E-state index contributed by atoms with van der Waals surface area (Å²) >= 11 is 0. The average Bonchev–Trinajstić information content (AvgIpc) is 2.75. The lowest BCUT2D eigenvalue weighted by Gasteiger charge is -2.03. The Bertz CT molecular complexity index is 516. The summed E-state index contributed by atoms with van der Waals surface area (Å²) in [6.07, 6.45) is 7.49. The van der Waals surface area contributed by atoms with E-state index in [1.807, 2.05) is 6.92 Å². The zero-order valence-electron chi connectivity index (χ0n) is 9.34. The highest BCUT2D eigenvalue weighted by Gasteiger charge is 2.13. The fraction of sp³-hybridized carbons (Fsp3) is 0.250. The number of pyridine rings is 1. The molecular weight excluding hydrogens is 202 g/mol. The molecule has 4 heteroatoms. The van der Waals surface area contributed by atoms with E-state index in [2.05, 4.69) is 10.1 Å². The largest absolute Gasteiger partial charge is 0.288 e. The minimum absolute atomic E-state index is 0.00681. The summed E-state index contributed by atoms with van der Waals surface area (Å²) in [5, 5.41) is 4.00. The second-order valence-electron chi connectivity index (χ2n) is 3.62. The van der Waals surface area contributed by atoms with E-state index >= 15 is 0 Å². The lowest BCUT2D eigenvalue weighted by Crippen LogP contribution is -2.04. The number of aryl methyl sites for hydroxylation is 2. The summed E-state index contributed by atoms with van der Waals surface area (Å²) in [7, 11) is 1.80. The van der Waals surface area contributed by atoms with Crippen LogP contribution in [0.5, 0.6) is 0 Å². The summed E-state index contributed by atoms with van der Waals surface area (Å²) in [5.41, 5.74) is 2.30. The lowest BCUT2D eigenvalue weighted by atomic mass is 10.0. The van der Waals surface area contributed by atoms with Crippen LogP contribution >= 0.6 is 0 Å². The molecule has 0 radical (unpaired) electrons. The standard InChI is InChI=1S/C12H13N3O/c1-3-9-6-13-5-4-11(9)12(16)10-7-14-15(2)8-10/h4-8H,3H2,1-2H3. The van der Waals surface area contributed by atoms with Crippen LogP contribution in [0.3, 0.4) is 0 Å². The molecular formula is C12H13N3O. The summed E-state index contributed by atoms with van der Waals surface area (Å²) < 4.78 is 1.63. The third kappa shape index (κ3) is 1.86. The van der Waals surface area contributed by atoms with E-state index in [1.54, 1.807) is 42.6 Å². The molecule has 0 spiro atoms. The highest BCUT2D eigenvalue weighted by molar-refractivity contribution is 6.09. The van der Waals surface area contributed by atoms with Crippen LogP contribution in [0.1, 0.15) is 28.4 Å². The van der Waals surface area contributed by atoms with Crippen molar-refractivity contribution in [3.05, 3.63) is 47.5 Å². The van der Waals surface area contributed by atoms with E-state index in [1.165, 1.54) is 0 Å². The van der Waals surface area contributed by atoms with Crippen molar-refractivity contribution in [2.24, 2.45) is 7.05 Å². The third-order valence-corrected chi connectivity index (χ3v) is 2.50. The number of hydrogen-bond acceptors (Lipinski definition) is 3. The Balaban J connectivity index is 2.41. The predicted molar refractivity (Wildman–Crippen MR) is 60.3 cm³/mol. The molecule has 0 atom stereocenters. The van der Waals surface area contributed by atoms with Crippen LogP contribution in [0.25, 0.3) is 0 Å². The molecule has 0 fully saturated rings. The van der Waals surface area contributed by atoms with Crippen LogP contribution in [-0.2, 0) is 13.5 Å². The van der Waals surface area contributed by atoms with Crippen LogP contribution in [0.15, 0.2) is 30.9 Å². The first-order chi connectivity index (χ1) is 7.72. The van der Waals surface area contributed by atoms with Crippen LogP contribution < -0.4 is 0 Å². The summed E-state index contributed by atoms with van der Waals surface area (Å²) in [6, 6.07) is 1.76. The van der Waals surface area contributed by atoms with E-state index in [4.69, 9.17) is 0 Å². The van der Waals surface area contributed by atoms with Crippen LogP contribution in [0, 0.1) is 0 Å². The van der Waals surface area contributed by atoms with Crippen molar-refractivity contribution in [3.63, 3.8) is 0 Å². The van der Waals surface area contributed by atoms with Gasteiger partial charge in [0.05, 0.1) is 11.8 Å². The molecule has 0 aliphatic heterocycles. The highest BCUT2D eigenvalue weighted by Crippen LogP contribution is 2.13. The van der Waals surface area contributed by atoms with Crippen molar-refractivity contribution in [1.29, 1.82) is 0 Å². The maximum atomic E-state index is 12.2. The first kappa shape index (κ1) is 10.5. The molecule has 2 aromatic rings. The number of nitrogens with zero attached hydrogens (tertiary/aromatic N) is 3. The second kappa shape index (κ2) is 4.26. The zero-order valence-corrected chi connectivity index (χ0v) is 9.34. The Kier molecular flexibility index (Phi) is 2.81. The fourth-order valence-electron chi connectivity index (χ4n) is 1.62. The Morgan fingerprint density at radius 2 is 2.25 bits per heavy atom. The van der Waals surface area contributed by atoms with Crippen molar-refractivity contribution in [2.75, 3.05) is 0 Å². The van der Waals surface area contributed by atoms with Gasteiger partial charge in [0.15, 0.2) is 5.78 Å². The molecule has 82 valence electrons. The van der Waals surface area contributed by atoms with Crippen LogP contribution in [0.2, 0.25) is 0 Å². The van der Waals surface area contributed by atoms with Crippen molar-refractivity contribution < 1.29 is 4.79 Å². The smallest absolute Gasteiger partial charge is 0.196 e. The van der Waals surface area contributed by atoms with Gasteiger partial charge in [0.1, 0.15) is 0 Å². The Morgan fingerprint density at radius 3 is 2.88 bits per heavy atom. The molecule has 0 bridgehead atoms. The van der Waals surface area contributed by atoms with Crippen molar-refractivity contribution in [3.8, 4) is 0 Å². The molecule has 2 rings (SSSR count). The fourth-order valence-corrected chi connectivity index (χ4v) is 1.62. The number of rotatable bonds is 3. The van der Waals surface area contributed by atoms with Gasteiger partial charge >= 0.3 is 0 Å². The SMILES string of the molecule is CCc1cnccc1C(=O)c1cnn(C)c1. The summed E-state index contributed by atoms with van der Waals surface area (Å²) in [5.74, 6) is 0.00681. The zero-order chi connectivity index (χ0) is 11.5. The van der Waals surface area contributed by atoms with Gasteiger partial charge in [-0.2, -0.15) is 5.10 Å². The van der Waals surface area contributed by atoms with Crippen molar-refractivity contribution >= 4 is 5.78 Å². The first-order valence-electron chi connectivity index (χ1n) is 5.18. The average molecular weight is 215 g/mol. The molecule has 0 aliphatic rings. The van der Waals surface area contributed by atoms with E-state index < -0.39 is 0 Å². The minimum Gasteiger partial charge on any atom is -0.288 e. The second-order valence-corrected chi connectivity index (χ2v) is 3.62. The third-order valence-electron chi connectivity index (χ3n) is 2.50. The van der Waals surface area contributed by atoms with E-state index in [0.29, 0.717) is 11.1 Å². The van der Waals surface area contributed by atoms with Gasteiger partial charge in [-0.15, -0.1) is 0 Å². The summed E-state index contributed by atoms with van der Waals surface area (Å²) in [4.78, 5) is 16.2. The Labute approximate surface area is 93.9 Å². The van der Waals surface area contributed by atoms with E-state index in [-0.39, 0.29) is 5.78 Å². The number of carbonyl (C=O) groups excluding carboxylic acids is 1. The van der Waals surface area contributed by atoms with Crippen molar-refractivity contribution in [2.45, 2.75) is 13.3 Å². The lowest BCUT2D eigenvalue weighted by molar-refractivity contribution is 0.103. The van der Waals surface area contributed by atoms with Gasteiger partial charge in [0.2, 0.25) is 0 Å². The molecule has 0 N–H and O–H groups in total. The van der Waals surface area contributed by atoms with Crippen molar-refractivity contribution in [1.82, 2.24) is 14.8 Å². The highest BCUT2D eigenvalue weighted by atomic mass is 16.1. The minimum atomic E-state index is 0.00681. The molecule has 0 aromatic carbocycles.